The van der Waals surface area contributed by atoms with Gasteiger partial charge < -0.3 is 16.0 Å². The molecule has 0 spiro atoms. The zero-order chi connectivity index (χ0) is 14.7. The summed E-state index contributed by atoms with van der Waals surface area (Å²) in [6.07, 6.45) is 0. The monoisotopic (exact) mass is 289 g/mol. The second kappa shape index (κ2) is 5.88. The highest BCUT2D eigenvalue weighted by atomic mass is 32.1. The minimum absolute atomic E-state index is 0.0589. The Morgan fingerprint density at radius 2 is 1.85 bits per heavy atom. The van der Waals surface area contributed by atoms with Crippen LogP contribution in [0.2, 0.25) is 0 Å². The third-order valence-electron chi connectivity index (χ3n) is 2.89. The number of nitrogens with zero attached hydrogens (tertiary/aromatic N) is 1. The van der Waals surface area contributed by atoms with Crippen molar-refractivity contribution in [2.24, 2.45) is 5.73 Å². The van der Waals surface area contributed by atoms with Gasteiger partial charge in [-0.2, -0.15) is 0 Å². The standard InChI is InChI=1S/C15H16FN3S/c1-19(2)12-5-3-4-10(8-12)18-11-6-7-13(15(17)20)14(16)9-11/h3-9,18H,1-2H3,(H2,17,20). The van der Waals surface area contributed by atoms with Crippen LogP contribution in [0.25, 0.3) is 0 Å². The molecule has 0 saturated carbocycles. The number of anilines is 3. The Kier molecular flexibility index (Phi) is 4.20. The van der Waals surface area contributed by atoms with Crippen LogP contribution in [0.15, 0.2) is 42.5 Å². The van der Waals surface area contributed by atoms with E-state index in [2.05, 4.69) is 5.32 Å². The molecule has 2 rings (SSSR count). The van der Waals surface area contributed by atoms with Gasteiger partial charge in [-0.25, -0.2) is 4.39 Å². The average molecular weight is 289 g/mol. The second-order valence-corrected chi connectivity index (χ2v) is 5.07. The van der Waals surface area contributed by atoms with E-state index < -0.39 is 5.82 Å². The Morgan fingerprint density at radius 1 is 1.15 bits per heavy atom. The summed E-state index contributed by atoms with van der Waals surface area (Å²) in [6.45, 7) is 0. The minimum Gasteiger partial charge on any atom is -0.389 e. The van der Waals surface area contributed by atoms with E-state index in [1.165, 1.54) is 6.07 Å². The quantitative estimate of drug-likeness (QED) is 0.848. The summed E-state index contributed by atoms with van der Waals surface area (Å²) in [5.74, 6) is -0.425. The molecule has 0 aromatic heterocycles. The molecule has 3 nitrogen and oxygen atoms in total. The third-order valence-corrected chi connectivity index (χ3v) is 3.11. The Bertz CT molecular complexity index is 641. The maximum Gasteiger partial charge on any atom is 0.135 e. The summed E-state index contributed by atoms with van der Waals surface area (Å²) in [7, 11) is 3.94. The molecule has 3 N–H and O–H groups in total. The molecule has 0 aliphatic carbocycles. The first-order valence-corrected chi connectivity index (χ1v) is 6.52. The summed E-state index contributed by atoms with van der Waals surface area (Å²) in [4.78, 5) is 2.06. The van der Waals surface area contributed by atoms with E-state index in [0.29, 0.717) is 5.69 Å². The number of nitrogens with one attached hydrogen (secondary N) is 1. The van der Waals surface area contributed by atoms with Gasteiger partial charge >= 0.3 is 0 Å². The van der Waals surface area contributed by atoms with Crippen molar-refractivity contribution in [1.82, 2.24) is 0 Å². The first kappa shape index (κ1) is 14.3. The van der Waals surface area contributed by atoms with Gasteiger partial charge in [0.15, 0.2) is 0 Å². The Balaban J connectivity index is 2.24. The van der Waals surface area contributed by atoms with Crippen LogP contribution in [-0.2, 0) is 0 Å². The lowest BCUT2D eigenvalue weighted by molar-refractivity contribution is 0.626. The maximum absolute atomic E-state index is 13.8. The molecular weight excluding hydrogens is 273 g/mol. The van der Waals surface area contributed by atoms with Gasteiger partial charge in [0.2, 0.25) is 0 Å². The average Bonchev–Trinajstić information content (AvgIpc) is 2.38. The molecule has 0 heterocycles. The van der Waals surface area contributed by atoms with Crippen LogP contribution in [0.5, 0.6) is 0 Å². The van der Waals surface area contributed by atoms with Crippen LogP contribution in [0.3, 0.4) is 0 Å². The third kappa shape index (κ3) is 3.24. The minimum atomic E-state index is -0.425. The van der Waals surface area contributed by atoms with E-state index in [4.69, 9.17) is 18.0 Å². The van der Waals surface area contributed by atoms with Crippen LogP contribution < -0.4 is 16.0 Å². The van der Waals surface area contributed by atoms with Gasteiger partial charge in [0.25, 0.3) is 0 Å². The largest absolute Gasteiger partial charge is 0.389 e. The lowest BCUT2D eigenvalue weighted by Gasteiger charge is -2.14. The van der Waals surface area contributed by atoms with Crippen molar-refractivity contribution in [3.8, 4) is 0 Å². The summed E-state index contributed by atoms with van der Waals surface area (Å²) >= 11 is 4.78. The molecule has 0 bridgehead atoms. The molecule has 0 fully saturated rings. The number of thiocarbonyl (C=S) groups is 1. The molecule has 0 aliphatic rings. The summed E-state index contributed by atoms with van der Waals surface area (Å²) in [5, 5.41) is 3.16. The number of hydrogen-bond donors (Lipinski definition) is 2. The summed E-state index contributed by atoms with van der Waals surface area (Å²) in [5.41, 5.74) is 8.30. The molecule has 0 atom stereocenters. The van der Waals surface area contributed by atoms with Gasteiger partial charge in [0.1, 0.15) is 10.8 Å². The summed E-state index contributed by atoms with van der Waals surface area (Å²) < 4.78 is 13.8. The SMILES string of the molecule is CN(C)c1cccc(Nc2ccc(C(N)=S)c(F)c2)c1. The number of hydrogen-bond acceptors (Lipinski definition) is 3. The molecule has 0 aliphatic heterocycles. The molecule has 0 saturated heterocycles. The van der Waals surface area contributed by atoms with E-state index in [9.17, 15) is 4.39 Å². The number of halogens is 1. The van der Waals surface area contributed by atoms with Crippen molar-refractivity contribution in [2.75, 3.05) is 24.3 Å². The number of nitrogens with two attached hydrogens (primary N) is 1. The maximum atomic E-state index is 13.8. The first-order valence-electron chi connectivity index (χ1n) is 6.11. The van der Waals surface area contributed by atoms with Crippen molar-refractivity contribution in [3.63, 3.8) is 0 Å². The van der Waals surface area contributed by atoms with Gasteiger partial charge in [0.05, 0.1) is 0 Å². The first-order chi connectivity index (χ1) is 9.47. The van der Waals surface area contributed by atoms with Crippen LogP contribution in [0.4, 0.5) is 21.5 Å². The Hall–Kier alpha value is -2.14. The second-order valence-electron chi connectivity index (χ2n) is 4.63. The predicted molar refractivity (Wildman–Crippen MR) is 86.3 cm³/mol. The molecule has 2 aromatic rings. The molecule has 0 radical (unpaired) electrons. The van der Waals surface area contributed by atoms with Crippen LogP contribution in [-0.4, -0.2) is 19.1 Å². The molecule has 5 heteroatoms. The molecule has 2 aromatic carbocycles. The van der Waals surface area contributed by atoms with Crippen LogP contribution in [0.1, 0.15) is 5.56 Å². The molecule has 0 unspecified atom stereocenters. The van der Waals surface area contributed by atoms with E-state index in [1.807, 2.05) is 43.3 Å². The zero-order valence-corrected chi connectivity index (χ0v) is 12.2. The highest BCUT2D eigenvalue weighted by Gasteiger charge is 2.06. The van der Waals surface area contributed by atoms with Crippen LogP contribution in [0, 0.1) is 5.82 Å². The van der Waals surface area contributed by atoms with Crippen molar-refractivity contribution in [1.29, 1.82) is 0 Å². The summed E-state index contributed by atoms with van der Waals surface area (Å²) in [6, 6.07) is 12.6. The molecule has 0 amide bonds. The zero-order valence-electron chi connectivity index (χ0n) is 11.4. The fourth-order valence-corrected chi connectivity index (χ4v) is 1.99. The lowest BCUT2D eigenvalue weighted by atomic mass is 10.2. The molecular formula is C15H16FN3S. The predicted octanol–water partition coefficient (Wildman–Crippen LogP) is 3.27. The fraction of sp³-hybridized carbons (Fsp3) is 0.133. The molecule has 20 heavy (non-hydrogen) atoms. The van der Waals surface area contributed by atoms with Gasteiger partial charge in [-0.1, -0.05) is 18.3 Å². The van der Waals surface area contributed by atoms with Crippen molar-refractivity contribution >= 4 is 34.3 Å². The Morgan fingerprint density at radius 3 is 2.45 bits per heavy atom. The lowest BCUT2D eigenvalue weighted by Crippen LogP contribution is -2.11. The van der Waals surface area contributed by atoms with E-state index in [1.54, 1.807) is 12.1 Å². The molecule has 104 valence electrons. The van der Waals surface area contributed by atoms with Crippen LogP contribution >= 0.6 is 12.2 Å². The fourth-order valence-electron chi connectivity index (χ4n) is 1.82. The number of benzene rings is 2. The van der Waals surface area contributed by atoms with Gasteiger partial charge in [-0.05, 0) is 36.4 Å². The number of rotatable bonds is 4. The van der Waals surface area contributed by atoms with E-state index >= 15 is 0 Å². The topological polar surface area (TPSA) is 41.3 Å². The van der Waals surface area contributed by atoms with Gasteiger partial charge in [0, 0.05) is 36.7 Å². The van der Waals surface area contributed by atoms with E-state index in [-0.39, 0.29) is 10.6 Å². The Labute approximate surface area is 123 Å². The van der Waals surface area contributed by atoms with E-state index in [0.717, 1.165) is 11.4 Å². The highest BCUT2D eigenvalue weighted by Crippen LogP contribution is 2.23. The highest BCUT2D eigenvalue weighted by molar-refractivity contribution is 7.80. The van der Waals surface area contributed by atoms with Gasteiger partial charge in [-0.3, -0.25) is 0 Å². The van der Waals surface area contributed by atoms with Gasteiger partial charge in [-0.15, -0.1) is 0 Å². The smallest absolute Gasteiger partial charge is 0.135 e. The van der Waals surface area contributed by atoms with Crippen molar-refractivity contribution < 1.29 is 4.39 Å². The van der Waals surface area contributed by atoms with Crippen molar-refractivity contribution in [2.45, 2.75) is 0 Å². The van der Waals surface area contributed by atoms with Crippen molar-refractivity contribution in [3.05, 3.63) is 53.8 Å². The normalized spacial score (nSPS) is 10.2.